The van der Waals surface area contributed by atoms with Gasteiger partial charge in [-0.3, -0.25) is 9.59 Å². The third kappa shape index (κ3) is 2.83. The number of hydrogen-bond donors (Lipinski definition) is 3. The van der Waals surface area contributed by atoms with Crippen LogP contribution < -0.4 is 0 Å². The summed E-state index contributed by atoms with van der Waals surface area (Å²) in [4.78, 5) is 28.5. The molecule has 6 saturated carbocycles. The first kappa shape index (κ1) is 24.5. The monoisotopic (exact) mass is 510 g/mol. The average molecular weight is 511 g/mol. The van der Waals surface area contributed by atoms with Crippen molar-refractivity contribution >= 4 is 11.8 Å². The number of ketones is 1. The van der Waals surface area contributed by atoms with E-state index in [4.69, 9.17) is 4.74 Å². The van der Waals surface area contributed by atoms with Crippen LogP contribution in [0.25, 0.3) is 0 Å². The molecule has 0 aromatic heterocycles. The van der Waals surface area contributed by atoms with Crippen molar-refractivity contribution in [2.45, 2.75) is 90.4 Å². The van der Waals surface area contributed by atoms with Gasteiger partial charge in [0.05, 0.1) is 17.4 Å². The van der Waals surface area contributed by atoms with E-state index in [0.717, 1.165) is 25.7 Å². The van der Waals surface area contributed by atoms with E-state index in [2.05, 4.69) is 13.8 Å². The van der Waals surface area contributed by atoms with Crippen LogP contribution in [0, 0.1) is 57.7 Å². The second-order valence-corrected chi connectivity index (χ2v) is 14.8. The van der Waals surface area contributed by atoms with Crippen LogP contribution in [0.4, 0.5) is 0 Å². The maximum absolute atomic E-state index is 14.5. The molecule has 1 spiro atoms. The van der Waals surface area contributed by atoms with E-state index in [-0.39, 0.29) is 34.6 Å². The van der Waals surface area contributed by atoms with Crippen LogP contribution >= 0.6 is 0 Å². The zero-order valence-electron chi connectivity index (χ0n) is 22.6. The minimum atomic E-state index is -2.05. The second kappa shape index (κ2) is 7.37. The highest BCUT2D eigenvalue weighted by Gasteiger charge is 2.76. The summed E-state index contributed by atoms with van der Waals surface area (Å²) in [6, 6.07) is 0. The van der Waals surface area contributed by atoms with Crippen LogP contribution in [0.5, 0.6) is 0 Å². The fraction of sp³-hybridized carbons (Fsp3) is 0.806. The zero-order valence-corrected chi connectivity index (χ0v) is 22.6. The maximum Gasteiger partial charge on any atom is 0.312 e. The van der Waals surface area contributed by atoms with Crippen molar-refractivity contribution < 1.29 is 29.6 Å². The molecule has 8 aliphatic carbocycles. The lowest BCUT2D eigenvalue weighted by atomic mass is 9.49. The van der Waals surface area contributed by atoms with Crippen molar-refractivity contribution in [3.05, 3.63) is 23.3 Å². The van der Waals surface area contributed by atoms with Crippen molar-refractivity contribution in [3.63, 3.8) is 0 Å². The third-order valence-electron chi connectivity index (χ3n) is 12.6. The normalized spacial score (nSPS) is 54.5. The van der Waals surface area contributed by atoms with Gasteiger partial charge in [0.2, 0.25) is 0 Å². The van der Waals surface area contributed by atoms with Crippen molar-refractivity contribution in [2.75, 3.05) is 6.61 Å². The molecule has 0 radical (unpaired) electrons. The lowest BCUT2D eigenvalue weighted by Gasteiger charge is -2.55. The van der Waals surface area contributed by atoms with Crippen LogP contribution in [0.15, 0.2) is 23.3 Å². The number of esters is 1. The molecule has 6 bridgehead atoms. The summed E-state index contributed by atoms with van der Waals surface area (Å²) >= 11 is 0. The molecule has 0 aromatic rings. The number of ether oxygens (including phenoxy) is 1. The molecule has 6 heteroatoms. The molecule has 6 fully saturated rings. The van der Waals surface area contributed by atoms with Crippen LogP contribution in [-0.2, 0) is 14.3 Å². The second-order valence-electron chi connectivity index (χ2n) is 14.8. The number of fused-ring (bicyclic) bond motifs is 3. The Morgan fingerprint density at radius 3 is 2.24 bits per heavy atom. The van der Waals surface area contributed by atoms with Gasteiger partial charge >= 0.3 is 5.97 Å². The van der Waals surface area contributed by atoms with Gasteiger partial charge in [-0.15, -0.1) is 0 Å². The number of aliphatic hydroxyl groups excluding tert-OH is 2. The molecule has 6 nitrogen and oxygen atoms in total. The lowest BCUT2D eigenvalue weighted by molar-refractivity contribution is -0.214. The van der Waals surface area contributed by atoms with Crippen molar-refractivity contribution in [3.8, 4) is 0 Å². The van der Waals surface area contributed by atoms with Gasteiger partial charge in [0.15, 0.2) is 17.5 Å². The number of carbonyl (C=O) groups is 2. The fourth-order valence-electron chi connectivity index (χ4n) is 11.2. The van der Waals surface area contributed by atoms with Crippen molar-refractivity contribution in [1.29, 1.82) is 0 Å². The summed E-state index contributed by atoms with van der Waals surface area (Å²) in [6.07, 6.45) is 7.85. The van der Waals surface area contributed by atoms with Crippen LogP contribution in [0.1, 0.15) is 72.6 Å². The minimum Gasteiger partial charge on any atom is -0.454 e. The molecule has 0 amide bonds. The highest BCUT2D eigenvalue weighted by atomic mass is 16.6. The van der Waals surface area contributed by atoms with E-state index in [1.54, 1.807) is 6.08 Å². The van der Waals surface area contributed by atoms with E-state index >= 15 is 0 Å². The Morgan fingerprint density at radius 2 is 1.68 bits per heavy atom. The smallest absolute Gasteiger partial charge is 0.312 e. The summed E-state index contributed by atoms with van der Waals surface area (Å²) < 4.78 is 6.32. The SMILES string of the molecule is CC1=C[C@]23C(=O)[C@@H](C=C(CO)[C@@H](O)[C@]2(O)[C@H]1OC(=O)C12CC4CC(CC(C4)C1)C2)[C@H]1[C@@H](C[C@H]3C)C1(C)C. The van der Waals surface area contributed by atoms with Gasteiger partial charge in [-0.05, 0) is 104 Å². The van der Waals surface area contributed by atoms with E-state index < -0.39 is 41.2 Å². The predicted octanol–water partition coefficient (Wildman–Crippen LogP) is 3.58. The topological polar surface area (TPSA) is 104 Å². The average Bonchev–Trinajstić information content (AvgIpc) is 3.31. The summed E-state index contributed by atoms with van der Waals surface area (Å²) in [7, 11) is 0. The molecule has 0 heterocycles. The molecule has 37 heavy (non-hydrogen) atoms. The highest BCUT2D eigenvalue weighted by molar-refractivity contribution is 5.95. The number of rotatable bonds is 3. The van der Waals surface area contributed by atoms with E-state index in [9.17, 15) is 24.9 Å². The summed E-state index contributed by atoms with van der Waals surface area (Å²) in [5.41, 5.74) is -3.05. The molecule has 0 unspecified atom stereocenters. The Labute approximate surface area is 219 Å². The zero-order chi connectivity index (χ0) is 26.3. The Balaban J connectivity index is 1.30. The van der Waals surface area contributed by atoms with Crippen molar-refractivity contribution in [2.24, 2.45) is 57.7 Å². The number of hydrogen-bond acceptors (Lipinski definition) is 6. The first-order valence-electron chi connectivity index (χ1n) is 14.6. The fourth-order valence-corrected chi connectivity index (χ4v) is 11.2. The molecule has 8 aliphatic rings. The van der Waals surface area contributed by atoms with Gasteiger partial charge in [-0.25, -0.2) is 0 Å². The molecule has 3 N–H and O–H groups in total. The maximum atomic E-state index is 14.5. The van der Waals surface area contributed by atoms with E-state index in [0.29, 0.717) is 29.2 Å². The van der Waals surface area contributed by atoms with E-state index in [1.165, 1.54) is 19.3 Å². The number of Topliss-reactive ketones (excluding diaryl/α,β-unsaturated/α-hetero) is 1. The largest absolute Gasteiger partial charge is 0.454 e. The van der Waals surface area contributed by atoms with Crippen LogP contribution in [-0.4, -0.2) is 51.5 Å². The number of aliphatic hydroxyl groups is 3. The summed E-state index contributed by atoms with van der Waals surface area (Å²) in [5, 5.41) is 34.7. The molecule has 0 aromatic carbocycles. The summed E-state index contributed by atoms with van der Waals surface area (Å²) in [5.74, 6) is 1.04. The van der Waals surface area contributed by atoms with Crippen molar-refractivity contribution in [1.82, 2.24) is 0 Å². The standard InChI is InChI=1S/C31H42O6/c1-15-10-30-16(2)5-22-23(28(22,3)4)21(25(30)34)9-20(14-32)24(33)31(30,36)26(15)37-27(35)29-11-17-6-18(12-29)8-19(7-17)13-29/h9-10,16-19,21-24,26,32-33,36H,5-8,11-14H2,1-4H3/t16-,17?,18?,19?,21+,22-,23+,24-,26+,29?,30+,31+/m1/s1. The van der Waals surface area contributed by atoms with Crippen LogP contribution in [0.2, 0.25) is 0 Å². The molecule has 0 saturated heterocycles. The molecule has 8 rings (SSSR count). The molecule has 0 aliphatic heterocycles. The highest BCUT2D eigenvalue weighted by Crippen LogP contribution is 2.72. The summed E-state index contributed by atoms with van der Waals surface area (Å²) in [6.45, 7) is 7.74. The van der Waals surface area contributed by atoms with Gasteiger partial charge in [-0.1, -0.05) is 32.9 Å². The first-order chi connectivity index (χ1) is 17.4. The molecular formula is C31H42O6. The van der Waals surface area contributed by atoms with Gasteiger partial charge in [0.1, 0.15) is 6.10 Å². The predicted molar refractivity (Wildman–Crippen MR) is 136 cm³/mol. The molecular weight excluding hydrogens is 468 g/mol. The quantitative estimate of drug-likeness (QED) is 0.396. The van der Waals surface area contributed by atoms with Gasteiger partial charge in [0.25, 0.3) is 0 Å². The van der Waals surface area contributed by atoms with Crippen LogP contribution in [0.3, 0.4) is 0 Å². The molecule has 8 atom stereocenters. The number of allylic oxidation sites excluding steroid dienone is 1. The van der Waals surface area contributed by atoms with Gasteiger partial charge in [-0.2, -0.15) is 0 Å². The van der Waals surface area contributed by atoms with E-state index in [1.807, 2.05) is 19.9 Å². The van der Waals surface area contributed by atoms with Gasteiger partial charge < -0.3 is 20.1 Å². The lowest BCUT2D eigenvalue weighted by Crippen LogP contribution is -2.66. The Hall–Kier alpha value is -1.50. The number of carbonyl (C=O) groups excluding carboxylic acids is 2. The Morgan fingerprint density at radius 1 is 1.08 bits per heavy atom. The molecule has 202 valence electrons. The first-order valence-corrected chi connectivity index (χ1v) is 14.6. The Kier molecular flexibility index (Phi) is 4.88. The Bertz CT molecular complexity index is 1100. The van der Waals surface area contributed by atoms with Gasteiger partial charge in [0, 0.05) is 5.92 Å². The third-order valence-corrected chi connectivity index (χ3v) is 12.6. The minimum absolute atomic E-state index is 0.0115.